The number of piperazine rings is 1. The van der Waals surface area contributed by atoms with Gasteiger partial charge in [0.2, 0.25) is 5.91 Å². The number of allylic oxidation sites excluding steroid dienone is 1. The van der Waals surface area contributed by atoms with Gasteiger partial charge in [0, 0.05) is 65.5 Å². The molecule has 2 saturated heterocycles. The van der Waals surface area contributed by atoms with Crippen LogP contribution in [0.2, 0.25) is 0 Å². The Labute approximate surface area is 182 Å². The summed E-state index contributed by atoms with van der Waals surface area (Å²) in [7, 11) is 1.69. The second-order valence-electron chi connectivity index (χ2n) is 7.76. The van der Waals surface area contributed by atoms with Gasteiger partial charge in [-0.05, 0) is 24.1 Å². The first-order valence-electron chi connectivity index (χ1n) is 10.6. The Balaban J connectivity index is 1.45. The van der Waals surface area contributed by atoms with E-state index in [0.717, 1.165) is 62.0 Å². The number of amides is 1. The maximum atomic E-state index is 11.6. The van der Waals surface area contributed by atoms with E-state index in [1.54, 1.807) is 32.4 Å². The predicted octanol–water partition coefficient (Wildman–Crippen LogP) is 1.36. The van der Waals surface area contributed by atoms with Crippen LogP contribution in [0.15, 0.2) is 57.5 Å². The fourth-order valence-corrected chi connectivity index (χ4v) is 3.95. The van der Waals surface area contributed by atoms with Crippen LogP contribution in [0.25, 0.3) is 0 Å². The molecule has 9 heteroatoms. The molecule has 0 radical (unpaired) electrons. The molecule has 3 aliphatic rings. The van der Waals surface area contributed by atoms with Crippen molar-refractivity contribution in [2.45, 2.75) is 19.8 Å². The van der Waals surface area contributed by atoms with Crippen LogP contribution in [0.3, 0.4) is 0 Å². The summed E-state index contributed by atoms with van der Waals surface area (Å²) in [6, 6.07) is 1.77. The lowest BCUT2D eigenvalue weighted by atomic mass is 10.2. The molecule has 0 aromatic carbocycles. The van der Waals surface area contributed by atoms with Crippen molar-refractivity contribution in [3.8, 4) is 0 Å². The normalized spacial score (nSPS) is 21.5. The Kier molecular flexibility index (Phi) is 6.20. The standard InChI is InChI=1S/C22H28N8O/c1-16-14-30(15-18(16)26-21(23-3)22-24-8-5-9-25-22)20-7-4-6-19(27-20)29-12-10-28(11-13-29)17(2)31/h5-6,8-9H,1,4,7,10-15H2,2-3H3. The first-order chi connectivity index (χ1) is 15.0. The van der Waals surface area contributed by atoms with Crippen molar-refractivity contribution in [2.75, 3.05) is 46.3 Å². The van der Waals surface area contributed by atoms with E-state index >= 15 is 0 Å². The molecule has 1 aromatic heterocycles. The van der Waals surface area contributed by atoms with E-state index in [9.17, 15) is 4.79 Å². The van der Waals surface area contributed by atoms with Crippen LogP contribution in [0.4, 0.5) is 0 Å². The predicted molar refractivity (Wildman–Crippen MR) is 121 cm³/mol. The summed E-state index contributed by atoms with van der Waals surface area (Å²) < 4.78 is 0. The minimum Gasteiger partial charge on any atom is -0.353 e. The lowest BCUT2D eigenvalue weighted by Crippen LogP contribution is -2.47. The molecule has 0 bridgehead atoms. The monoisotopic (exact) mass is 420 g/mol. The largest absolute Gasteiger partial charge is 0.353 e. The van der Waals surface area contributed by atoms with Gasteiger partial charge in [-0.3, -0.25) is 9.79 Å². The van der Waals surface area contributed by atoms with Gasteiger partial charge in [0.05, 0.1) is 12.3 Å². The van der Waals surface area contributed by atoms with Crippen molar-refractivity contribution in [1.82, 2.24) is 24.7 Å². The maximum absolute atomic E-state index is 11.6. The quantitative estimate of drug-likeness (QED) is 0.532. The van der Waals surface area contributed by atoms with Gasteiger partial charge in [-0.25, -0.2) is 20.0 Å². The van der Waals surface area contributed by atoms with Crippen LogP contribution < -0.4 is 0 Å². The van der Waals surface area contributed by atoms with E-state index in [4.69, 9.17) is 9.98 Å². The summed E-state index contributed by atoms with van der Waals surface area (Å²) in [4.78, 5) is 40.4. The van der Waals surface area contributed by atoms with Gasteiger partial charge in [-0.1, -0.05) is 6.58 Å². The highest BCUT2D eigenvalue weighted by atomic mass is 16.2. The van der Waals surface area contributed by atoms with Crippen molar-refractivity contribution >= 4 is 23.3 Å². The van der Waals surface area contributed by atoms with Crippen LogP contribution in [-0.2, 0) is 4.79 Å². The Morgan fingerprint density at radius 3 is 2.52 bits per heavy atom. The second-order valence-corrected chi connectivity index (χ2v) is 7.76. The van der Waals surface area contributed by atoms with Crippen molar-refractivity contribution in [1.29, 1.82) is 0 Å². The molecule has 4 rings (SSSR count). The van der Waals surface area contributed by atoms with Crippen LogP contribution in [0.1, 0.15) is 25.6 Å². The van der Waals surface area contributed by atoms with E-state index in [1.165, 1.54) is 0 Å². The van der Waals surface area contributed by atoms with Crippen LogP contribution in [-0.4, -0.2) is 94.3 Å². The third-order valence-electron chi connectivity index (χ3n) is 5.70. The molecule has 9 nitrogen and oxygen atoms in total. The van der Waals surface area contributed by atoms with Crippen molar-refractivity contribution < 1.29 is 4.79 Å². The lowest BCUT2D eigenvalue weighted by Gasteiger charge is -2.36. The summed E-state index contributed by atoms with van der Waals surface area (Å²) in [6.45, 7) is 10.3. The molecular weight excluding hydrogens is 392 g/mol. The molecule has 0 saturated carbocycles. The highest BCUT2D eigenvalue weighted by molar-refractivity contribution is 6.14. The molecule has 3 aliphatic heterocycles. The molecule has 1 aromatic rings. The molecule has 4 heterocycles. The molecule has 2 fully saturated rings. The number of nitrogens with zero attached hydrogens (tertiary/aromatic N) is 8. The molecule has 0 unspecified atom stereocenters. The number of likely N-dealkylation sites (tertiary alicyclic amines) is 1. The SMILES string of the molecule is C=C1CN(C2=NC(N3CCN(C(C)=O)CC3)=CCC2)CC1=NC(=NC)c1ncccn1. The fourth-order valence-electron chi connectivity index (χ4n) is 3.95. The minimum absolute atomic E-state index is 0.139. The molecule has 31 heavy (non-hydrogen) atoms. The summed E-state index contributed by atoms with van der Waals surface area (Å²) in [6.07, 6.45) is 7.42. The third kappa shape index (κ3) is 4.70. The van der Waals surface area contributed by atoms with Gasteiger partial charge in [-0.2, -0.15) is 0 Å². The number of amidine groups is 2. The summed E-state index contributed by atoms with van der Waals surface area (Å²) in [5.41, 5.74) is 1.85. The molecule has 0 atom stereocenters. The molecule has 162 valence electrons. The number of carbonyl (C=O) groups is 1. The second kappa shape index (κ2) is 9.20. The summed E-state index contributed by atoms with van der Waals surface area (Å²) in [5, 5.41) is 0. The number of hydrogen-bond acceptors (Lipinski definition) is 7. The zero-order chi connectivity index (χ0) is 21.8. The zero-order valence-corrected chi connectivity index (χ0v) is 18.2. The first-order valence-corrected chi connectivity index (χ1v) is 10.6. The van der Waals surface area contributed by atoms with Gasteiger partial charge in [0.25, 0.3) is 0 Å². The smallest absolute Gasteiger partial charge is 0.219 e. The molecule has 0 aliphatic carbocycles. The van der Waals surface area contributed by atoms with Crippen LogP contribution in [0.5, 0.6) is 0 Å². The molecule has 0 spiro atoms. The molecule has 0 N–H and O–H groups in total. The van der Waals surface area contributed by atoms with Gasteiger partial charge < -0.3 is 14.7 Å². The highest BCUT2D eigenvalue weighted by Gasteiger charge is 2.28. The van der Waals surface area contributed by atoms with Crippen molar-refractivity contribution in [3.05, 3.63) is 48.3 Å². The van der Waals surface area contributed by atoms with Gasteiger partial charge >= 0.3 is 0 Å². The zero-order valence-electron chi connectivity index (χ0n) is 18.2. The van der Waals surface area contributed by atoms with Gasteiger partial charge in [-0.15, -0.1) is 0 Å². The Morgan fingerprint density at radius 2 is 1.84 bits per heavy atom. The molecule has 1 amide bonds. The minimum atomic E-state index is 0.139. The Bertz CT molecular complexity index is 970. The van der Waals surface area contributed by atoms with Gasteiger partial charge in [0.15, 0.2) is 11.7 Å². The topological polar surface area (TPSA) is 89.6 Å². The first kappa shape index (κ1) is 20.9. The van der Waals surface area contributed by atoms with E-state index in [-0.39, 0.29) is 5.91 Å². The Morgan fingerprint density at radius 1 is 1.10 bits per heavy atom. The summed E-state index contributed by atoms with van der Waals surface area (Å²) in [5.74, 6) is 3.22. The number of aromatic nitrogens is 2. The van der Waals surface area contributed by atoms with Crippen LogP contribution >= 0.6 is 0 Å². The highest BCUT2D eigenvalue weighted by Crippen LogP contribution is 2.22. The van der Waals surface area contributed by atoms with Crippen LogP contribution in [0, 0.1) is 0 Å². The van der Waals surface area contributed by atoms with Crippen molar-refractivity contribution in [3.63, 3.8) is 0 Å². The lowest BCUT2D eigenvalue weighted by molar-refractivity contribution is -0.130. The van der Waals surface area contributed by atoms with E-state index in [1.807, 2.05) is 4.90 Å². The fraction of sp³-hybridized carbons (Fsp3) is 0.455. The number of hydrogen-bond donors (Lipinski definition) is 0. The van der Waals surface area contributed by atoms with E-state index < -0.39 is 0 Å². The average Bonchev–Trinajstić information content (AvgIpc) is 3.18. The number of rotatable bonds is 2. The van der Waals surface area contributed by atoms with Gasteiger partial charge in [0.1, 0.15) is 11.7 Å². The van der Waals surface area contributed by atoms with E-state index in [2.05, 4.69) is 37.4 Å². The molecular formula is C22H28N8O. The van der Waals surface area contributed by atoms with E-state index in [0.29, 0.717) is 24.7 Å². The van der Waals surface area contributed by atoms with Crippen molar-refractivity contribution in [2.24, 2.45) is 15.0 Å². The maximum Gasteiger partial charge on any atom is 0.219 e. The average molecular weight is 421 g/mol. The number of carbonyl (C=O) groups excluding carboxylic acids is 1. The third-order valence-corrected chi connectivity index (χ3v) is 5.70. The number of aliphatic imine (C=N–C) groups is 3. The summed E-state index contributed by atoms with van der Waals surface area (Å²) >= 11 is 0. The Hall–Kier alpha value is -3.36.